The molecule has 3 amide bonds. The van der Waals surface area contributed by atoms with E-state index in [0.717, 1.165) is 27.8 Å². The van der Waals surface area contributed by atoms with E-state index in [1.807, 2.05) is 60.0 Å². The lowest BCUT2D eigenvalue weighted by Gasteiger charge is -2.13. The molecule has 2 heterocycles. The van der Waals surface area contributed by atoms with Gasteiger partial charge >= 0.3 is 0 Å². The van der Waals surface area contributed by atoms with Gasteiger partial charge in [-0.05, 0) is 52.5 Å². The quantitative estimate of drug-likeness (QED) is 0.562. The van der Waals surface area contributed by atoms with Crippen molar-refractivity contribution in [1.29, 1.82) is 0 Å². The molecule has 0 saturated carbocycles. The fourth-order valence-corrected chi connectivity index (χ4v) is 4.61. The molecule has 30 heavy (non-hydrogen) atoms. The van der Waals surface area contributed by atoms with Gasteiger partial charge in [0.25, 0.3) is 17.1 Å². The third-order valence-corrected chi connectivity index (χ3v) is 6.29. The Morgan fingerprint density at radius 2 is 1.67 bits per heavy atom. The Hall–Kier alpha value is -3.16. The number of benzene rings is 2. The van der Waals surface area contributed by atoms with Crippen molar-refractivity contribution < 1.29 is 14.4 Å². The average molecular weight is 435 g/mol. The summed E-state index contributed by atoms with van der Waals surface area (Å²) < 4.78 is 0. The first-order chi connectivity index (χ1) is 14.6. The van der Waals surface area contributed by atoms with Gasteiger partial charge in [0.2, 0.25) is 0 Å². The fourth-order valence-electron chi connectivity index (χ4n) is 3.02. The molecular formula is C23H18N2O3S2. The molecule has 1 fully saturated rings. The largest absolute Gasteiger partial charge is 0.350 e. The highest BCUT2D eigenvalue weighted by atomic mass is 32.2. The number of amides is 3. The Bertz CT molecular complexity index is 1090. The minimum Gasteiger partial charge on any atom is -0.350 e. The maximum Gasteiger partial charge on any atom is 0.293 e. The predicted molar refractivity (Wildman–Crippen MR) is 121 cm³/mol. The number of thioether (sulfide) groups is 1. The number of rotatable bonds is 6. The van der Waals surface area contributed by atoms with Crippen LogP contribution in [0.1, 0.15) is 15.2 Å². The minimum absolute atomic E-state index is 0.139. The Morgan fingerprint density at radius 1 is 0.933 bits per heavy atom. The summed E-state index contributed by atoms with van der Waals surface area (Å²) in [5, 5.41) is 4.37. The van der Waals surface area contributed by atoms with Gasteiger partial charge < -0.3 is 5.32 Å². The first-order valence-corrected chi connectivity index (χ1v) is 11.0. The molecule has 1 saturated heterocycles. The predicted octanol–water partition coefficient (Wildman–Crippen LogP) is 4.88. The van der Waals surface area contributed by atoms with Crippen LogP contribution in [0.3, 0.4) is 0 Å². The number of nitrogens with zero attached hydrogens (tertiary/aromatic N) is 1. The molecule has 2 aromatic carbocycles. The number of hydrogen-bond donors (Lipinski definition) is 1. The van der Waals surface area contributed by atoms with E-state index in [4.69, 9.17) is 0 Å². The molecule has 0 atom stereocenters. The Morgan fingerprint density at radius 3 is 2.37 bits per heavy atom. The number of imide groups is 1. The maximum absolute atomic E-state index is 12.5. The molecule has 0 bridgehead atoms. The molecule has 1 aliphatic rings. The number of thiophene rings is 1. The molecule has 4 rings (SSSR count). The summed E-state index contributed by atoms with van der Waals surface area (Å²) in [5.41, 5.74) is 2.64. The second-order valence-electron chi connectivity index (χ2n) is 6.55. The van der Waals surface area contributed by atoms with Crippen molar-refractivity contribution in [1.82, 2.24) is 10.2 Å². The van der Waals surface area contributed by atoms with Crippen molar-refractivity contribution in [3.05, 3.63) is 87.5 Å². The summed E-state index contributed by atoms with van der Waals surface area (Å²) in [4.78, 5) is 39.5. The van der Waals surface area contributed by atoms with Gasteiger partial charge in [-0.2, -0.15) is 0 Å². The van der Waals surface area contributed by atoms with Gasteiger partial charge in [-0.1, -0.05) is 48.5 Å². The van der Waals surface area contributed by atoms with Crippen molar-refractivity contribution in [3.63, 3.8) is 0 Å². The fraction of sp³-hybridized carbons (Fsp3) is 0.0870. The highest BCUT2D eigenvalue weighted by Gasteiger charge is 2.34. The van der Waals surface area contributed by atoms with Gasteiger partial charge in [-0.25, -0.2) is 0 Å². The number of carbonyl (C=O) groups is 3. The van der Waals surface area contributed by atoms with Crippen LogP contribution in [0, 0.1) is 0 Å². The van der Waals surface area contributed by atoms with E-state index in [9.17, 15) is 14.4 Å². The number of hydrogen-bond acceptors (Lipinski definition) is 5. The van der Waals surface area contributed by atoms with Crippen LogP contribution in [0.5, 0.6) is 0 Å². The molecule has 1 N–H and O–H groups in total. The second-order valence-corrected chi connectivity index (χ2v) is 8.52. The molecule has 1 aromatic heterocycles. The van der Waals surface area contributed by atoms with Crippen molar-refractivity contribution in [3.8, 4) is 11.1 Å². The Labute approximate surface area is 182 Å². The van der Waals surface area contributed by atoms with E-state index in [-0.39, 0.29) is 30.1 Å². The maximum atomic E-state index is 12.5. The lowest BCUT2D eigenvalue weighted by atomic mass is 10.0. The van der Waals surface area contributed by atoms with Gasteiger partial charge in [0, 0.05) is 23.5 Å². The third kappa shape index (κ3) is 4.53. The molecule has 1 aliphatic heterocycles. The highest BCUT2D eigenvalue weighted by molar-refractivity contribution is 8.18. The molecule has 150 valence electrons. The van der Waals surface area contributed by atoms with E-state index in [0.29, 0.717) is 10.5 Å². The van der Waals surface area contributed by atoms with Crippen LogP contribution in [0.25, 0.3) is 17.2 Å². The molecule has 0 spiro atoms. The summed E-state index contributed by atoms with van der Waals surface area (Å²) in [6.45, 7) is 0.337. The van der Waals surface area contributed by atoms with E-state index >= 15 is 0 Å². The normalized spacial score (nSPS) is 15.1. The van der Waals surface area contributed by atoms with Crippen LogP contribution < -0.4 is 5.32 Å². The van der Waals surface area contributed by atoms with Crippen molar-refractivity contribution in [2.24, 2.45) is 0 Å². The van der Waals surface area contributed by atoms with E-state index < -0.39 is 0 Å². The van der Waals surface area contributed by atoms with Gasteiger partial charge in [0.05, 0.1) is 4.91 Å². The van der Waals surface area contributed by atoms with E-state index in [2.05, 4.69) is 5.32 Å². The number of nitrogens with one attached hydrogen (secondary N) is 1. The number of carbonyl (C=O) groups excluding carboxylic acids is 3. The van der Waals surface area contributed by atoms with E-state index in [1.165, 1.54) is 16.2 Å². The summed E-state index contributed by atoms with van der Waals surface area (Å²) in [5.74, 6) is -0.560. The first kappa shape index (κ1) is 20.1. The molecule has 5 nitrogen and oxygen atoms in total. The summed E-state index contributed by atoms with van der Waals surface area (Å²) in [6, 6.07) is 21.0. The monoisotopic (exact) mass is 434 g/mol. The van der Waals surface area contributed by atoms with Crippen LogP contribution in [0.4, 0.5) is 4.79 Å². The van der Waals surface area contributed by atoms with E-state index in [1.54, 1.807) is 18.2 Å². The summed E-state index contributed by atoms with van der Waals surface area (Å²) in [7, 11) is 0. The van der Waals surface area contributed by atoms with Gasteiger partial charge in [0.1, 0.15) is 0 Å². The highest BCUT2D eigenvalue weighted by Crippen LogP contribution is 2.32. The molecule has 0 radical (unpaired) electrons. The molecule has 3 aromatic rings. The van der Waals surface area contributed by atoms with Crippen molar-refractivity contribution in [2.75, 3.05) is 13.1 Å². The smallest absolute Gasteiger partial charge is 0.293 e. The van der Waals surface area contributed by atoms with Gasteiger partial charge in [-0.15, -0.1) is 11.3 Å². The second kappa shape index (κ2) is 9.11. The van der Waals surface area contributed by atoms with Crippen molar-refractivity contribution in [2.45, 2.75) is 0 Å². The Balaban J connectivity index is 1.32. The van der Waals surface area contributed by atoms with Crippen molar-refractivity contribution >= 4 is 46.2 Å². The van der Waals surface area contributed by atoms with Crippen LogP contribution in [-0.2, 0) is 4.79 Å². The van der Waals surface area contributed by atoms with Crippen LogP contribution in [0.15, 0.2) is 77.0 Å². The summed E-state index contributed by atoms with van der Waals surface area (Å²) in [6.07, 6.45) is 1.72. The summed E-state index contributed by atoms with van der Waals surface area (Å²) >= 11 is 2.43. The van der Waals surface area contributed by atoms with Crippen LogP contribution in [0.2, 0.25) is 0 Å². The topological polar surface area (TPSA) is 66.5 Å². The molecule has 0 aliphatic carbocycles. The Kier molecular flexibility index (Phi) is 6.11. The third-order valence-electron chi connectivity index (χ3n) is 4.57. The first-order valence-electron chi connectivity index (χ1n) is 9.34. The molecular weight excluding hydrogens is 416 g/mol. The average Bonchev–Trinajstić information content (AvgIpc) is 3.38. The van der Waals surface area contributed by atoms with Gasteiger partial charge in [0.15, 0.2) is 0 Å². The standard InChI is InChI=1S/C23H18N2O3S2/c26-21(18-10-8-17(9-11-18)16-5-2-1-3-6-16)24-12-13-25-22(27)20(30-23(25)28)15-19-7-4-14-29-19/h1-11,14-15H,12-13H2,(H,24,26). The van der Waals surface area contributed by atoms with Gasteiger partial charge in [-0.3, -0.25) is 19.3 Å². The van der Waals surface area contributed by atoms with Crippen LogP contribution >= 0.6 is 23.1 Å². The van der Waals surface area contributed by atoms with Crippen LogP contribution in [-0.4, -0.2) is 35.0 Å². The zero-order valence-corrected chi connectivity index (χ0v) is 17.5. The zero-order valence-electron chi connectivity index (χ0n) is 15.9. The minimum atomic E-state index is -0.320. The lowest BCUT2D eigenvalue weighted by molar-refractivity contribution is -0.122. The lowest BCUT2D eigenvalue weighted by Crippen LogP contribution is -2.37. The SMILES string of the molecule is O=C(NCCN1C(=O)SC(=Cc2cccs2)C1=O)c1ccc(-c2ccccc2)cc1. The molecule has 0 unspecified atom stereocenters. The zero-order chi connectivity index (χ0) is 20.9. The molecule has 7 heteroatoms.